The third-order valence-corrected chi connectivity index (χ3v) is 2.48. The third-order valence-electron chi connectivity index (χ3n) is 2.48. The van der Waals surface area contributed by atoms with E-state index in [1.807, 2.05) is 13.0 Å². The first-order valence-electron chi connectivity index (χ1n) is 4.12. The number of carbonyl (C=O) groups excluding carboxylic acids is 2. The lowest BCUT2D eigenvalue weighted by atomic mass is 9.81. The van der Waals surface area contributed by atoms with E-state index in [0.717, 1.165) is 6.42 Å². The number of hydrogen-bond acceptors (Lipinski definition) is 3. The molecule has 0 saturated carbocycles. The molecule has 0 bridgehead atoms. The first-order valence-corrected chi connectivity index (χ1v) is 4.12. The van der Waals surface area contributed by atoms with Crippen LogP contribution in [0.25, 0.3) is 0 Å². The molecule has 1 aliphatic carbocycles. The second kappa shape index (κ2) is 2.44. The van der Waals surface area contributed by atoms with E-state index in [2.05, 4.69) is 4.74 Å². The van der Waals surface area contributed by atoms with Crippen LogP contribution in [0.5, 0.6) is 0 Å². The smallest absolute Gasteiger partial charge is 0.321 e. The van der Waals surface area contributed by atoms with Gasteiger partial charge in [-0.15, -0.1) is 0 Å². The molecule has 0 aromatic rings. The van der Waals surface area contributed by atoms with E-state index < -0.39 is 0 Å². The number of fused-ring (bicyclic) bond motifs is 1. The molecule has 3 nitrogen and oxygen atoms in total. The van der Waals surface area contributed by atoms with Gasteiger partial charge in [-0.1, -0.05) is 19.1 Å². The van der Waals surface area contributed by atoms with E-state index in [1.165, 1.54) is 0 Å². The summed E-state index contributed by atoms with van der Waals surface area (Å²) < 4.78 is 4.53. The fraction of sp³-hybridized carbons (Fsp3) is 0.556. The minimum Gasteiger partial charge on any atom is -0.392 e. The van der Waals surface area contributed by atoms with Crippen LogP contribution < -0.4 is 0 Å². The van der Waals surface area contributed by atoms with E-state index in [-0.39, 0.29) is 23.8 Å². The molecule has 1 fully saturated rings. The number of carbonyl (C=O) groups is 2. The van der Waals surface area contributed by atoms with Crippen LogP contribution in [0.2, 0.25) is 0 Å². The fourth-order valence-corrected chi connectivity index (χ4v) is 1.80. The number of esters is 2. The Morgan fingerprint density at radius 2 is 2.08 bits per heavy atom. The van der Waals surface area contributed by atoms with Crippen molar-refractivity contribution >= 4 is 11.9 Å². The van der Waals surface area contributed by atoms with Gasteiger partial charge in [0.2, 0.25) is 0 Å². The molecule has 0 aromatic heterocycles. The van der Waals surface area contributed by atoms with Crippen LogP contribution in [0.4, 0.5) is 0 Å². The molecule has 3 heteroatoms. The van der Waals surface area contributed by atoms with E-state index in [9.17, 15) is 9.59 Å². The van der Waals surface area contributed by atoms with E-state index in [1.54, 1.807) is 6.08 Å². The summed E-state index contributed by atoms with van der Waals surface area (Å²) in [5.74, 6) is -0.856. The highest BCUT2D eigenvalue weighted by Gasteiger charge is 2.44. The van der Waals surface area contributed by atoms with Gasteiger partial charge in [-0.25, -0.2) is 0 Å². The van der Waals surface area contributed by atoms with Crippen molar-refractivity contribution in [3.63, 3.8) is 0 Å². The second-order valence-corrected chi connectivity index (χ2v) is 3.47. The van der Waals surface area contributed by atoms with Gasteiger partial charge in [0, 0.05) is 0 Å². The maximum atomic E-state index is 11.1. The summed E-state index contributed by atoms with van der Waals surface area (Å²) in [6.45, 7) is 2.03. The van der Waals surface area contributed by atoms with Gasteiger partial charge in [-0.2, -0.15) is 0 Å². The van der Waals surface area contributed by atoms with Crippen molar-refractivity contribution < 1.29 is 14.3 Å². The van der Waals surface area contributed by atoms with Gasteiger partial charge in [-0.05, 0) is 12.3 Å². The van der Waals surface area contributed by atoms with Crippen LogP contribution in [-0.4, -0.2) is 11.9 Å². The molecule has 1 aliphatic heterocycles. The van der Waals surface area contributed by atoms with Gasteiger partial charge in [-0.3, -0.25) is 9.59 Å². The van der Waals surface area contributed by atoms with Gasteiger partial charge in [0.1, 0.15) is 0 Å². The summed E-state index contributed by atoms with van der Waals surface area (Å²) in [4.78, 5) is 22.1. The summed E-state index contributed by atoms with van der Waals surface area (Å²) in [5, 5.41) is 0. The SMILES string of the molecule is CC1C=C[C@@H]2C(=O)OC(=O)C2C1. The number of cyclic esters (lactones) is 2. The summed E-state index contributed by atoms with van der Waals surface area (Å²) in [6.07, 6.45) is 4.51. The molecular formula is C9H10O3. The van der Waals surface area contributed by atoms with Gasteiger partial charge in [0.15, 0.2) is 0 Å². The van der Waals surface area contributed by atoms with Crippen LogP contribution in [0.1, 0.15) is 13.3 Å². The summed E-state index contributed by atoms with van der Waals surface area (Å²) in [6, 6.07) is 0. The Kier molecular flexibility index (Phi) is 1.53. The molecular weight excluding hydrogens is 156 g/mol. The Labute approximate surface area is 70.4 Å². The molecule has 12 heavy (non-hydrogen) atoms. The van der Waals surface area contributed by atoms with Crippen LogP contribution in [0.3, 0.4) is 0 Å². The highest BCUT2D eigenvalue weighted by atomic mass is 16.6. The van der Waals surface area contributed by atoms with Crippen LogP contribution in [0, 0.1) is 17.8 Å². The van der Waals surface area contributed by atoms with Crippen molar-refractivity contribution in [3.8, 4) is 0 Å². The molecule has 0 spiro atoms. The predicted molar refractivity (Wildman–Crippen MR) is 41.0 cm³/mol. The first-order chi connectivity index (χ1) is 5.68. The zero-order chi connectivity index (χ0) is 8.72. The molecule has 0 radical (unpaired) electrons. The number of rotatable bonds is 0. The molecule has 3 atom stereocenters. The fourth-order valence-electron chi connectivity index (χ4n) is 1.80. The van der Waals surface area contributed by atoms with E-state index >= 15 is 0 Å². The average molecular weight is 166 g/mol. The Morgan fingerprint density at radius 1 is 1.33 bits per heavy atom. The zero-order valence-electron chi connectivity index (χ0n) is 6.82. The highest BCUT2D eigenvalue weighted by molar-refractivity contribution is 5.97. The summed E-state index contributed by atoms with van der Waals surface area (Å²) in [5.41, 5.74) is 0. The minimum absolute atomic E-state index is 0.211. The molecule has 2 aliphatic rings. The highest BCUT2D eigenvalue weighted by Crippen LogP contribution is 2.34. The topological polar surface area (TPSA) is 43.4 Å². The standard InChI is InChI=1S/C9H10O3/c1-5-2-3-6-7(4-5)9(11)12-8(6)10/h2-3,5-7H,4H2,1H3/t5?,6-,7?/m0/s1. The monoisotopic (exact) mass is 166 g/mol. The van der Waals surface area contributed by atoms with Crippen molar-refractivity contribution in [3.05, 3.63) is 12.2 Å². The lowest BCUT2D eigenvalue weighted by molar-refractivity contribution is -0.153. The van der Waals surface area contributed by atoms with Crippen molar-refractivity contribution in [2.75, 3.05) is 0 Å². The number of allylic oxidation sites excluding steroid dienone is 1. The van der Waals surface area contributed by atoms with Gasteiger partial charge in [0.25, 0.3) is 0 Å². The van der Waals surface area contributed by atoms with Crippen LogP contribution in [-0.2, 0) is 14.3 Å². The van der Waals surface area contributed by atoms with Gasteiger partial charge >= 0.3 is 11.9 Å². The molecule has 2 rings (SSSR count). The van der Waals surface area contributed by atoms with Crippen molar-refractivity contribution in [2.24, 2.45) is 17.8 Å². The molecule has 64 valence electrons. The molecule has 1 saturated heterocycles. The molecule has 0 amide bonds. The number of ether oxygens (including phenoxy) is 1. The lowest BCUT2D eigenvalue weighted by Gasteiger charge is -2.18. The molecule has 0 N–H and O–H groups in total. The van der Waals surface area contributed by atoms with Gasteiger partial charge in [0.05, 0.1) is 11.8 Å². The summed E-state index contributed by atoms with van der Waals surface area (Å²) in [7, 11) is 0. The maximum Gasteiger partial charge on any atom is 0.321 e. The van der Waals surface area contributed by atoms with Crippen molar-refractivity contribution in [1.82, 2.24) is 0 Å². The lowest BCUT2D eigenvalue weighted by Crippen LogP contribution is -2.21. The molecule has 2 unspecified atom stereocenters. The van der Waals surface area contributed by atoms with Crippen molar-refractivity contribution in [1.29, 1.82) is 0 Å². The number of hydrogen-bond donors (Lipinski definition) is 0. The first kappa shape index (κ1) is 7.53. The van der Waals surface area contributed by atoms with Crippen LogP contribution in [0.15, 0.2) is 12.2 Å². The minimum atomic E-state index is -0.381. The second-order valence-electron chi connectivity index (χ2n) is 3.47. The Hall–Kier alpha value is -1.12. The van der Waals surface area contributed by atoms with E-state index in [0.29, 0.717) is 5.92 Å². The largest absolute Gasteiger partial charge is 0.392 e. The molecule has 0 aromatic carbocycles. The zero-order valence-corrected chi connectivity index (χ0v) is 6.82. The summed E-state index contributed by atoms with van der Waals surface area (Å²) >= 11 is 0. The van der Waals surface area contributed by atoms with Crippen LogP contribution >= 0.6 is 0 Å². The quantitative estimate of drug-likeness (QED) is 0.305. The normalized spacial score (nSPS) is 39.6. The van der Waals surface area contributed by atoms with E-state index in [4.69, 9.17) is 0 Å². The Balaban J connectivity index is 2.29. The van der Waals surface area contributed by atoms with Crippen molar-refractivity contribution in [2.45, 2.75) is 13.3 Å². The van der Waals surface area contributed by atoms with Gasteiger partial charge < -0.3 is 4.74 Å². The maximum absolute atomic E-state index is 11.1. The third kappa shape index (κ3) is 0.967. The average Bonchev–Trinajstić information content (AvgIpc) is 2.28. The molecule has 1 heterocycles. The Morgan fingerprint density at radius 3 is 2.83 bits per heavy atom. The predicted octanol–water partition coefficient (Wildman–Crippen LogP) is 0.898. The Bertz CT molecular complexity index is 267.